The van der Waals surface area contributed by atoms with E-state index in [2.05, 4.69) is 15.5 Å². The number of ether oxygens (including phenoxy) is 1. The molecule has 2 rings (SSSR count). The summed E-state index contributed by atoms with van der Waals surface area (Å²) in [6.07, 6.45) is 2.24. The first-order chi connectivity index (χ1) is 13.0. The van der Waals surface area contributed by atoms with Crippen molar-refractivity contribution in [2.45, 2.75) is 32.7 Å². The van der Waals surface area contributed by atoms with Crippen molar-refractivity contribution in [3.05, 3.63) is 35.4 Å². The molecule has 5 nitrogen and oxygen atoms in total. The van der Waals surface area contributed by atoms with Gasteiger partial charge in [-0.1, -0.05) is 6.07 Å². The highest BCUT2D eigenvalue weighted by Crippen LogP contribution is 2.19. The maximum absolute atomic E-state index is 14.0. The van der Waals surface area contributed by atoms with Gasteiger partial charge in [0.15, 0.2) is 5.96 Å². The summed E-state index contributed by atoms with van der Waals surface area (Å²) in [6.45, 7) is 9.21. The van der Waals surface area contributed by atoms with Crippen molar-refractivity contribution in [3.8, 4) is 0 Å². The number of methoxy groups -OCH3 is 1. The minimum absolute atomic E-state index is 0. The van der Waals surface area contributed by atoms with Gasteiger partial charge in [-0.15, -0.1) is 24.0 Å². The molecule has 0 radical (unpaired) electrons. The molecular formula is C20H33F2IN4O. The van der Waals surface area contributed by atoms with Crippen LogP contribution in [0.1, 0.15) is 38.3 Å². The van der Waals surface area contributed by atoms with Gasteiger partial charge >= 0.3 is 0 Å². The predicted molar refractivity (Wildman–Crippen MR) is 120 cm³/mol. The monoisotopic (exact) mass is 510 g/mol. The lowest BCUT2D eigenvalue weighted by Gasteiger charge is -2.31. The van der Waals surface area contributed by atoms with Crippen LogP contribution in [-0.2, 0) is 4.74 Å². The quantitative estimate of drug-likeness (QED) is 0.319. The fourth-order valence-electron chi connectivity index (χ4n) is 3.29. The van der Waals surface area contributed by atoms with Gasteiger partial charge in [-0.25, -0.2) is 8.78 Å². The van der Waals surface area contributed by atoms with Gasteiger partial charge in [-0.2, -0.15) is 0 Å². The Kier molecular flexibility index (Phi) is 11.9. The number of aliphatic imine (C=N–C) groups is 1. The lowest BCUT2D eigenvalue weighted by molar-refractivity contribution is 0.121. The van der Waals surface area contributed by atoms with Crippen molar-refractivity contribution in [1.82, 2.24) is 15.5 Å². The highest BCUT2D eigenvalue weighted by Gasteiger charge is 2.19. The molecule has 0 saturated carbocycles. The number of rotatable bonds is 8. The fourth-order valence-corrected chi connectivity index (χ4v) is 3.29. The number of piperidine rings is 1. The molecule has 0 aliphatic carbocycles. The summed E-state index contributed by atoms with van der Waals surface area (Å²) >= 11 is 0. The lowest BCUT2D eigenvalue weighted by Crippen LogP contribution is -2.40. The Labute approximate surface area is 184 Å². The fraction of sp³-hybridized carbons (Fsp3) is 0.650. The summed E-state index contributed by atoms with van der Waals surface area (Å²) in [4.78, 5) is 7.11. The minimum Gasteiger partial charge on any atom is -0.383 e. The molecule has 8 heteroatoms. The van der Waals surface area contributed by atoms with E-state index >= 15 is 0 Å². The predicted octanol–water partition coefficient (Wildman–Crippen LogP) is 3.56. The third-order valence-electron chi connectivity index (χ3n) is 4.95. The van der Waals surface area contributed by atoms with Crippen LogP contribution in [0.15, 0.2) is 23.2 Å². The summed E-state index contributed by atoms with van der Waals surface area (Å²) in [5.74, 6) is 0.0998. The molecule has 1 unspecified atom stereocenters. The molecule has 1 atom stereocenters. The zero-order valence-electron chi connectivity index (χ0n) is 17.0. The van der Waals surface area contributed by atoms with Gasteiger partial charge in [-0.05, 0) is 51.8 Å². The summed E-state index contributed by atoms with van der Waals surface area (Å²) in [5.41, 5.74) is 0.424. The Balaban J connectivity index is 0.00000392. The zero-order valence-corrected chi connectivity index (χ0v) is 19.3. The molecular weight excluding hydrogens is 477 g/mol. The Morgan fingerprint density at radius 1 is 1.32 bits per heavy atom. The van der Waals surface area contributed by atoms with Crippen LogP contribution in [0, 0.1) is 17.6 Å². The van der Waals surface area contributed by atoms with E-state index < -0.39 is 11.6 Å². The molecule has 1 aromatic rings. The standard InChI is InChI=1S/C20H32F2N4O.HI/c1-4-23-20(25-15(2)18-6-5-17(21)13-19(18)22)24-14-16-7-9-26(10-8-16)11-12-27-3;/h5-6,13,15-16H,4,7-12,14H2,1-3H3,(H2,23,24,25);1H. The van der Waals surface area contributed by atoms with E-state index in [1.807, 2.05) is 13.8 Å². The first-order valence-corrected chi connectivity index (χ1v) is 9.74. The molecule has 1 saturated heterocycles. The smallest absolute Gasteiger partial charge is 0.191 e. The van der Waals surface area contributed by atoms with Gasteiger partial charge in [0, 0.05) is 38.4 Å². The van der Waals surface area contributed by atoms with Gasteiger partial charge in [0.1, 0.15) is 11.6 Å². The molecule has 0 bridgehead atoms. The number of halogens is 3. The average Bonchev–Trinajstić information content (AvgIpc) is 2.65. The molecule has 1 aliphatic rings. The van der Waals surface area contributed by atoms with E-state index in [4.69, 9.17) is 9.73 Å². The van der Waals surface area contributed by atoms with Crippen LogP contribution in [0.5, 0.6) is 0 Å². The van der Waals surface area contributed by atoms with Gasteiger partial charge in [0.25, 0.3) is 0 Å². The Bertz CT molecular complexity index is 610. The Hall–Kier alpha value is -1.00. The summed E-state index contributed by atoms with van der Waals surface area (Å²) in [7, 11) is 1.73. The van der Waals surface area contributed by atoms with Crippen molar-refractivity contribution in [3.63, 3.8) is 0 Å². The highest BCUT2D eigenvalue weighted by atomic mass is 127. The molecule has 1 heterocycles. The molecule has 0 amide bonds. The molecule has 1 fully saturated rings. The lowest BCUT2D eigenvalue weighted by atomic mass is 9.97. The first-order valence-electron chi connectivity index (χ1n) is 9.74. The van der Waals surface area contributed by atoms with E-state index in [-0.39, 0.29) is 30.0 Å². The van der Waals surface area contributed by atoms with Gasteiger partial charge in [-0.3, -0.25) is 4.99 Å². The molecule has 28 heavy (non-hydrogen) atoms. The number of hydrogen-bond acceptors (Lipinski definition) is 3. The van der Waals surface area contributed by atoms with E-state index in [0.717, 1.165) is 58.2 Å². The number of hydrogen-bond donors (Lipinski definition) is 2. The topological polar surface area (TPSA) is 48.9 Å². The van der Waals surface area contributed by atoms with E-state index in [1.54, 1.807) is 7.11 Å². The number of nitrogens with zero attached hydrogens (tertiary/aromatic N) is 2. The van der Waals surface area contributed by atoms with Gasteiger partial charge in [0.05, 0.1) is 12.6 Å². The highest BCUT2D eigenvalue weighted by molar-refractivity contribution is 14.0. The van der Waals surface area contributed by atoms with Crippen molar-refractivity contribution in [2.24, 2.45) is 10.9 Å². The molecule has 0 spiro atoms. The van der Waals surface area contributed by atoms with Crippen LogP contribution in [0.3, 0.4) is 0 Å². The molecule has 160 valence electrons. The van der Waals surface area contributed by atoms with Gasteiger partial charge < -0.3 is 20.3 Å². The maximum atomic E-state index is 14.0. The third kappa shape index (κ3) is 8.16. The van der Waals surface area contributed by atoms with Crippen LogP contribution in [-0.4, -0.2) is 57.3 Å². The molecule has 1 aromatic carbocycles. The Morgan fingerprint density at radius 2 is 2.04 bits per heavy atom. The van der Waals surface area contributed by atoms with Crippen molar-refractivity contribution >= 4 is 29.9 Å². The average molecular weight is 510 g/mol. The van der Waals surface area contributed by atoms with Crippen molar-refractivity contribution < 1.29 is 13.5 Å². The van der Waals surface area contributed by atoms with Crippen molar-refractivity contribution in [2.75, 3.05) is 46.4 Å². The molecule has 2 N–H and O–H groups in total. The SMILES string of the molecule is CCNC(=NCC1CCN(CCOC)CC1)NC(C)c1ccc(F)cc1F.I. The van der Waals surface area contributed by atoms with E-state index in [1.165, 1.54) is 12.1 Å². The van der Waals surface area contributed by atoms with Crippen LogP contribution in [0.2, 0.25) is 0 Å². The van der Waals surface area contributed by atoms with Gasteiger partial charge in [0.2, 0.25) is 0 Å². The number of benzene rings is 1. The third-order valence-corrected chi connectivity index (χ3v) is 4.95. The minimum atomic E-state index is -0.569. The van der Waals surface area contributed by atoms with Crippen molar-refractivity contribution in [1.29, 1.82) is 0 Å². The van der Waals surface area contributed by atoms with Crippen LogP contribution >= 0.6 is 24.0 Å². The Morgan fingerprint density at radius 3 is 2.64 bits per heavy atom. The summed E-state index contributed by atoms with van der Waals surface area (Å²) in [6, 6.07) is 3.36. The summed E-state index contributed by atoms with van der Waals surface area (Å²) < 4.78 is 32.2. The van der Waals surface area contributed by atoms with Crippen LogP contribution < -0.4 is 10.6 Å². The summed E-state index contributed by atoms with van der Waals surface area (Å²) in [5, 5.41) is 6.43. The van der Waals surface area contributed by atoms with Crippen LogP contribution in [0.25, 0.3) is 0 Å². The number of nitrogens with one attached hydrogen (secondary N) is 2. The van der Waals surface area contributed by atoms with Crippen LogP contribution in [0.4, 0.5) is 8.78 Å². The second-order valence-electron chi connectivity index (χ2n) is 7.03. The maximum Gasteiger partial charge on any atom is 0.191 e. The molecule has 0 aromatic heterocycles. The molecule has 1 aliphatic heterocycles. The number of guanidine groups is 1. The first kappa shape index (κ1) is 25.0. The van der Waals surface area contributed by atoms with E-state index in [9.17, 15) is 8.78 Å². The normalized spacial score (nSPS) is 17.1. The second kappa shape index (κ2) is 13.3. The second-order valence-corrected chi connectivity index (χ2v) is 7.03. The number of likely N-dealkylation sites (tertiary alicyclic amines) is 1. The largest absolute Gasteiger partial charge is 0.383 e. The zero-order chi connectivity index (χ0) is 19.6. The van der Waals surface area contributed by atoms with E-state index in [0.29, 0.717) is 17.4 Å².